The standard InChI is InChI=1S/C13H15ClN2O4S/c1-6-8-11(17)15-10(7(2)14)16-12(8)21-9(6)13(18)20-5-4-19-3/h7H,4-5H2,1-3H3,(H,15,16,17). The molecule has 2 aromatic rings. The fraction of sp³-hybridized carbons (Fsp3) is 0.462. The molecule has 0 aliphatic carbocycles. The number of thiophene rings is 1. The van der Waals surface area contributed by atoms with Crippen LogP contribution >= 0.6 is 22.9 Å². The normalized spacial score (nSPS) is 12.6. The van der Waals surface area contributed by atoms with Gasteiger partial charge in [0.05, 0.1) is 17.4 Å². The van der Waals surface area contributed by atoms with E-state index < -0.39 is 11.3 Å². The van der Waals surface area contributed by atoms with Crippen molar-refractivity contribution in [2.75, 3.05) is 20.3 Å². The number of hydrogen-bond donors (Lipinski definition) is 1. The van der Waals surface area contributed by atoms with E-state index in [1.54, 1.807) is 13.8 Å². The Kier molecular flexibility index (Phi) is 4.97. The highest BCUT2D eigenvalue weighted by Crippen LogP contribution is 2.28. The van der Waals surface area contributed by atoms with Crippen molar-refractivity contribution in [3.05, 3.63) is 26.6 Å². The first kappa shape index (κ1) is 15.9. The van der Waals surface area contributed by atoms with Gasteiger partial charge in [-0.1, -0.05) is 0 Å². The number of esters is 1. The fourth-order valence-electron chi connectivity index (χ4n) is 1.83. The molecular formula is C13H15ClN2O4S. The molecule has 1 unspecified atom stereocenters. The van der Waals surface area contributed by atoms with Crippen LogP contribution in [0.15, 0.2) is 4.79 Å². The van der Waals surface area contributed by atoms with Gasteiger partial charge in [-0.15, -0.1) is 22.9 Å². The molecule has 0 fully saturated rings. The number of rotatable bonds is 5. The summed E-state index contributed by atoms with van der Waals surface area (Å²) in [6, 6.07) is 0. The molecule has 2 aromatic heterocycles. The van der Waals surface area contributed by atoms with E-state index in [2.05, 4.69) is 9.97 Å². The van der Waals surface area contributed by atoms with Crippen molar-refractivity contribution in [1.82, 2.24) is 9.97 Å². The van der Waals surface area contributed by atoms with E-state index in [1.807, 2.05) is 0 Å². The molecule has 2 heterocycles. The quantitative estimate of drug-likeness (QED) is 0.517. The molecule has 114 valence electrons. The summed E-state index contributed by atoms with van der Waals surface area (Å²) in [7, 11) is 1.52. The van der Waals surface area contributed by atoms with E-state index in [9.17, 15) is 9.59 Å². The van der Waals surface area contributed by atoms with Crippen molar-refractivity contribution in [2.24, 2.45) is 0 Å². The number of aromatic nitrogens is 2. The lowest BCUT2D eigenvalue weighted by atomic mass is 10.2. The van der Waals surface area contributed by atoms with Gasteiger partial charge in [-0.3, -0.25) is 4.79 Å². The van der Waals surface area contributed by atoms with Gasteiger partial charge in [-0.25, -0.2) is 9.78 Å². The maximum Gasteiger partial charge on any atom is 0.348 e. The predicted octanol–water partition coefficient (Wildman–Crippen LogP) is 2.40. The molecule has 1 N–H and O–H groups in total. The Morgan fingerprint density at radius 3 is 2.81 bits per heavy atom. The molecule has 0 radical (unpaired) electrons. The maximum absolute atomic E-state index is 12.1. The smallest absolute Gasteiger partial charge is 0.348 e. The van der Waals surface area contributed by atoms with Gasteiger partial charge in [0.1, 0.15) is 22.1 Å². The van der Waals surface area contributed by atoms with Crippen LogP contribution in [0.2, 0.25) is 0 Å². The summed E-state index contributed by atoms with van der Waals surface area (Å²) in [5.41, 5.74) is 0.270. The maximum atomic E-state index is 12.1. The minimum absolute atomic E-state index is 0.163. The predicted molar refractivity (Wildman–Crippen MR) is 81.4 cm³/mol. The van der Waals surface area contributed by atoms with Crippen LogP contribution in [0.5, 0.6) is 0 Å². The van der Waals surface area contributed by atoms with E-state index in [0.717, 1.165) is 11.3 Å². The lowest BCUT2D eigenvalue weighted by Crippen LogP contribution is -2.12. The molecule has 21 heavy (non-hydrogen) atoms. The molecule has 1 atom stereocenters. The Morgan fingerprint density at radius 2 is 2.19 bits per heavy atom. The van der Waals surface area contributed by atoms with Gasteiger partial charge in [-0.05, 0) is 19.4 Å². The fourth-order valence-corrected chi connectivity index (χ4v) is 3.01. The summed E-state index contributed by atoms with van der Waals surface area (Å²) >= 11 is 7.07. The number of carbonyl (C=O) groups excluding carboxylic acids is 1. The van der Waals surface area contributed by atoms with Gasteiger partial charge < -0.3 is 14.5 Å². The molecule has 8 heteroatoms. The highest BCUT2D eigenvalue weighted by Gasteiger charge is 2.21. The molecule has 0 amide bonds. The number of alkyl halides is 1. The number of nitrogens with zero attached hydrogens (tertiary/aromatic N) is 1. The molecular weight excluding hydrogens is 316 g/mol. The number of aromatic amines is 1. The number of halogens is 1. The molecule has 0 aromatic carbocycles. The van der Waals surface area contributed by atoms with Crippen LogP contribution in [0.1, 0.15) is 33.4 Å². The highest BCUT2D eigenvalue weighted by atomic mass is 35.5. The molecule has 6 nitrogen and oxygen atoms in total. The number of carbonyl (C=O) groups is 1. The third-order valence-corrected chi connectivity index (χ3v) is 4.27. The molecule has 0 saturated carbocycles. The van der Waals surface area contributed by atoms with Gasteiger partial charge in [0.2, 0.25) is 0 Å². The summed E-state index contributed by atoms with van der Waals surface area (Å²) in [5.74, 6) is -0.0952. The minimum Gasteiger partial charge on any atom is -0.459 e. The van der Waals surface area contributed by atoms with E-state index in [1.165, 1.54) is 7.11 Å². The van der Waals surface area contributed by atoms with E-state index in [0.29, 0.717) is 33.1 Å². The van der Waals surface area contributed by atoms with Gasteiger partial charge in [-0.2, -0.15) is 0 Å². The molecule has 2 rings (SSSR count). The van der Waals surface area contributed by atoms with Crippen LogP contribution in [0.3, 0.4) is 0 Å². The van der Waals surface area contributed by atoms with E-state index in [4.69, 9.17) is 21.1 Å². The lowest BCUT2D eigenvalue weighted by Gasteiger charge is -2.02. The van der Waals surface area contributed by atoms with Crippen LogP contribution in [0, 0.1) is 6.92 Å². The first-order valence-corrected chi connectivity index (χ1v) is 7.54. The van der Waals surface area contributed by atoms with Gasteiger partial charge in [0.25, 0.3) is 5.56 Å². The number of H-pyrrole nitrogens is 1. The lowest BCUT2D eigenvalue weighted by molar-refractivity contribution is 0.0393. The van der Waals surface area contributed by atoms with Crippen LogP contribution in [0.4, 0.5) is 0 Å². The Bertz CT molecular complexity index is 723. The topological polar surface area (TPSA) is 81.3 Å². The monoisotopic (exact) mass is 330 g/mol. The molecule has 0 saturated heterocycles. The number of methoxy groups -OCH3 is 1. The second kappa shape index (κ2) is 6.55. The van der Waals surface area contributed by atoms with Crippen molar-refractivity contribution in [3.8, 4) is 0 Å². The summed E-state index contributed by atoms with van der Waals surface area (Å²) in [6.45, 7) is 3.90. The van der Waals surface area contributed by atoms with Gasteiger partial charge in [0, 0.05) is 7.11 Å². The highest BCUT2D eigenvalue weighted by molar-refractivity contribution is 7.20. The molecule has 0 aliphatic rings. The Morgan fingerprint density at radius 1 is 1.48 bits per heavy atom. The minimum atomic E-state index is -0.479. The zero-order valence-electron chi connectivity index (χ0n) is 11.9. The number of nitrogens with one attached hydrogen (secondary N) is 1. The van der Waals surface area contributed by atoms with Crippen molar-refractivity contribution >= 4 is 39.1 Å². The number of hydrogen-bond acceptors (Lipinski definition) is 6. The van der Waals surface area contributed by atoms with E-state index in [-0.39, 0.29) is 12.2 Å². The van der Waals surface area contributed by atoms with Crippen molar-refractivity contribution < 1.29 is 14.3 Å². The Balaban J connectivity index is 2.43. The summed E-state index contributed by atoms with van der Waals surface area (Å²) in [4.78, 5) is 31.9. The Hall–Kier alpha value is -1.44. The van der Waals surface area contributed by atoms with Gasteiger partial charge >= 0.3 is 5.97 Å². The third kappa shape index (κ3) is 3.25. The van der Waals surface area contributed by atoms with E-state index >= 15 is 0 Å². The van der Waals surface area contributed by atoms with Crippen LogP contribution in [-0.4, -0.2) is 36.3 Å². The average Bonchev–Trinajstić information content (AvgIpc) is 2.76. The van der Waals surface area contributed by atoms with Crippen molar-refractivity contribution in [2.45, 2.75) is 19.2 Å². The second-order valence-corrected chi connectivity index (χ2v) is 6.09. The zero-order chi connectivity index (χ0) is 15.6. The second-order valence-electron chi connectivity index (χ2n) is 4.43. The number of ether oxygens (including phenoxy) is 2. The number of aryl methyl sites for hydroxylation is 1. The van der Waals surface area contributed by atoms with Crippen molar-refractivity contribution in [1.29, 1.82) is 0 Å². The molecule has 0 aliphatic heterocycles. The van der Waals surface area contributed by atoms with Crippen LogP contribution in [-0.2, 0) is 9.47 Å². The summed E-state index contributed by atoms with van der Waals surface area (Å²) < 4.78 is 9.90. The first-order valence-electron chi connectivity index (χ1n) is 6.29. The first-order chi connectivity index (χ1) is 9.95. The van der Waals surface area contributed by atoms with Crippen LogP contribution in [0.25, 0.3) is 10.2 Å². The summed E-state index contributed by atoms with van der Waals surface area (Å²) in [5, 5.41) is -0.0126. The molecule has 0 spiro atoms. The SMILES string of the molecule is COCCOC(=O)c1sc2nc(C(C)Cl)[nH]c(=O)c2c1C. The van der Waals surface area contributed by atoms with Crippen LogP contribution < -0.4 is 5.56 Å². The summed E-state index contributed by atoms with van der Waals surface area (Å²) in [6.07, 6.45) is 0. The van der Waals surface area contributed by atoms with Crippen molar-refractivity contribution in [3.63, 3.8) is 0 Å². The zero-order valence-corrected chi connectivity index (χ0v) is 13.4. The number of fused-ring (bicyclic) bond motifs is 1. The largest absolute Gasteiger partial charge is 0.459 e. The average molecular weight is 331 g/mol. The van der Waals surface area contributed by atoms with Gasteiger partial charge in [0.15, 0.2) is 0 Å². The molecule has 0 bridgehead atoms. The third-order valence-electron chi connectivity index (χ3n) is 2.90. The Labute approximate surface area is 130 Å².